The summed E-state index contributed by atoms with van der Waals surface area (Å²) in [6, 6.07) is 7.45. The number of tetrazole rings is 1. The van der Waals surface area contributed by atoms with E-state index < -0.39 is 0 Å². The van der Waals surface area contributed by atoms with E-state index in [0.29, 0.717) is 17.9 Å². The van der Waals surface area contributed by atoms with E-state index >= 15 is 0 Å². The number of amides is 1. The van der Waals surface area contributed by atoms with Gasteiger partial charge in [-0.15, -0.1) is 5.10 Å². The lowest BCUT2D eigenvalue weighted by Crippen LogP contribution is -2.30. The molecule has 0 aliphatic carbocycles. The Hall–Kier alpha value is -2.24. The van der Waals surface area contributed by atoms with Gasteiger partial charge in [0.05, 0.1) is 17.8 Å². The van der Waals surface area contributed by atoms with Gasteiger partial charge in [0.2, 0.25) is 0 Å². The number of hydrogen-bond donors (Lipinski definition) is 0. The van der Waals surface area contributed by atoms with Crippen LogP contribution in [0.1, 0.15) is 35.9 Å². The van der Waals surface area contributed by atoms with Gasteiger partial charge in [-0.05, 0) is 29.0 Å². The van der Waals surface area contributed by atoms with E-state index in [1.807, 2.05) is 29.2 Å². The van der Waals surface area contributed by atoms with Crippen LogP contribution in [0.5, 0.6) is 0 Å². The summed E-state index contributed by atoms with van der Waals surface area (Å²) >= 11 is 0. The fourth-order valence-corrected chi connectivity index (χ4v) is 2.27. The van der Waals surface area contributed by atoms with Gasteiger partial charge < -0.3 is 4.90 Å². The van der Waals surface area contributed by atoms with Gasteiger partial charge in [0.15, 0.2) is 5.82 Å². The van der Waals surface area contributed by atoms with Crippen molar-refractivity contribution in [1.29, 1.82) is 0 Å². The number of para-hydroxylation sites is 1. The number of rotatable bonds is 3. The molecule has 19 heavy (non-hydrogen) atoms. The Bertz CT molecular complexity index is 607. The van der Waals surface area contributed by atoms with Crippen molar-refractivity contribution >= 4 is 5.91 Å². The first-order valence-electron chi connectivity index (χ1n) is 6.47. The number of unbranched alkanes of at least 4 members (excludes halogenated alkanes) is 1. The molecule has 0 fully saturated rings. The molecule has 0 atom stereocenters. The normalized spacial score (nSPS) is 13.9. The van der Waals surface area contributed by atoms with Crippen molar-refractivity contribution in [3.05, 3.63) is 35.7 Å². The van der Waals surface area contributed by atoms with Crippen LogP contribution in [0.15, 0.2) is 24.3 Å². The lowest BCUT2D eigenvalue weighted by molar-refractivity contribution is 0.0741. The number of aromatic nitrogens is 4. The Morgan fingerprint density at radius 3 is 3.00 bits per heavy atom. The van der Waals surface area contributed by atoms with Gasteiger partial charge in [0.25, 0.3) is 5.91 Å². The molecule has 0 N–H and O–H groups in total. The van der Waals surface area contributed by atoms with Crippen LogP contribution >= 0.6 is 0 Å². The minimum Gasteiger partial charge on any atom is -0.331 e. The molecule has 0 spiro atoms. The number of carbonyl (C=O) groups is 1. The van der Waals surface area contributed by atoms with E-state index in [0.717, 1.165) is 25.1 Å². The van der Waals surface area contributed by atoms with Crippen molar-refractivity contribution in [3.63, 3.8) is 0 Å². The summed E-state index contributed by atoms with van der Waals surface area (Å²) in [7, 11) is 0. The number of nitrogens with zero attached hydrogens (tertiary/aromatic N) is 5. The zero-order chi connectivity index (χ0) is 13.2. The molecule has 1 aromatic heterocycles. The van der Waals surface area contributed by atoms with Gasteiger partial charge in [-0.2, -0.15) is 4.68 Å². The maximum atomic E-state index is 12.5. The molecule has 1 aromatic carbocycles. The Morgan fingerprint density at radius 1 is 1.32 bits per heavy atom. The second kappa shape index (κ2) is 4.79. The third kappa shape index (κ3) is 1.99. The van der Waals surface area contributed by atoms with Crippen LogP contribution in [0.2, 0.25) is 0 Å². The Labute approximate surface area is 111 Å². The standard InChI is InChI=1S/C13H15N5O/c1-2-3-8-17-9-12-14-15-16-18(12)11-7-5-4-6-10(11)13(17)19/h4-7H,2-3,8-9H2,1H3. The third-order valence-corrected chi connectivity index (χ3v) is 3.30. The average molecular weight is 257 g/mol. The smallest absolute Gasteiger partial charge is 0.256 e. The first-order valence-corrected chi connectivity index (χ1v) is 6.47. The van der Waals surface area contributed by atoms with Gasteiger partial charge in [0.1, 0.15) is 0 Å². The molecule has 2 heterocycles. The lowest BCUT2D eigenvalue weighted by Gasteiger charge is -2.19. The maximum absolute atomic E-state index is 12.5. The van der Waals surface area contributed by atoms with E-state index in [1.165, 1.54) is 0 Å². The third-order valence-electron chi connectivity index (χ3n) is 3.30. The van der Waals surface area contributed by atoms with Crippen molar-refractivity contribution in [2.45, 2.75) is 26.3 Å². The maximum Gasteiger partial charge on any atom is 0.256 e. The monoisotopic (exact) mass is 257 g/mol. The fraction of sp³-hybridized carbons (Fsp3) is 0.385. The van der Waals surface area contributed by atoms with E-state index in [4.69, 9.17) is 0 Å². The molecule has 0 radical (unpaired) electrons. The highest BCUT2D eigenvalue weighted by molar-refractivity contribution is 5.98. The van der Waals surface area contributed by atoms with E-state index in [1.54, 1.807) is 4.68 Å². The van der Waals surface area contributed by atoms with E-state index in [-0.39, 0.29) is 5.91 Å². The molecule has 0 saturated carbocycles. The second-order valence-electron chi connectivity index (χ2n) is 4.60. The molecule has 0 bridgehead atoms. The van der Waals surface area contributed by atoms with Crippen LogP contribution in [0.25, 0.3) is 5.69 Å². The predicted molar refractivity (Wildman–Crippen MR) is 68.8 cm³/mol. The summed E-state index contributed by atoms with van der Waals surface area (Å²) in [5, 5.41) is 11.7. The van der Waals surface area contributed by atoms with Gasteiger partial charge in [-0.1, -0.05) is 25.5 Å². The van der Waals surface area contributed by atoms with Crippen molar-refractivity contribution in [1.82, 2.24) is 25.1 Å². The molecule has 6 nitrogen and oxygen atoms in total. The van der Waals surface area contributed by atoms with Crippen LogP contribution in [0, 0.1) is 0 Å². The van der Waals surface area contributed by atoms with E-state index in [2.05, 4.69) is 22.4 Å². The average Bonchev–Trinajstić information content (AvgIpc) is 2.86. The zero-order valence-corrected chi connectivity index (χ0v) is 10.8. The summed E-state index contributed by atoms with van der Waals surface area (Å²) < 4.78 is 1.65. The molecule has 1 aliphatic heterocycles. The molecule has 0 unspecified atom stereocenters. The Kier molecular flexibility index (Phi) is 2.98. The number of hydrogen-bond acceptors (Lipinski definition) is 4. The van der Waals surface area contributed by atoms with Crippen LogP contribution < -0.4 is 0 Å². The molecule has 98 valence electrons. The van der Waals surface area contributed by atoms with Gasteiger partial charge in [0, 0.05) is 6.54 Å². The zero-order valence-electron chi connectivity index (χ0n) is 10.8. The predicted octanol–water partition coefficient (Wildman–Crippen LogP) is 1.42. The summed E-state index contributed by atoms with van der Waals surface area (Å²) in [5.41, 5.74) is 1.41. The van der Waals surface area contributed by atoms with Gasteiger partial charge >= 0.3 is 0 Å². The fourth-order valence-electron chi connectivity index (χ4n) is 2.27. The summed E-state index contributed by atoms with van der Waals surface area (Å²) in [6.45, 7) is 3.30. The van der Waals surface area contributed by atoms with Gasteiger partial charge in [-0.3, -0.25) is 4.79 Å². The van der Waals surface area contributed by atoms with Crippen LogP contribution in [0.3, 0.4) is 0 Å². The number of fused-ring (bicyclic) bond motifs is 3. The van der Waals surface area contributed by atoms with E-state index in [9.17, 15) is 4.79 Å². The molecule has 3 rings (SSSR count). The summed E-state index contributed by atoms with van der Waals surface area (Å²) in [4.78, 5) is 14.4. The van der Waals surface area contributed by atoms with Crippen molar-refractivity contribution < 1.29 is 4.79 Å². The van der Waals surface area contributed by atoms with Crippen LogP contribution in [-0.2, 0) is 6.54 Å². The highest BCUT2D eigenvalue weighted by Gasteiger charge is 2.26. The molecule has 1 amide bonds. The highest BCUT2D eigenvalue weighted by atomic mass is 16.2. The quantitative estimate of drug-likeness (QED) is 0.834. The topological polar surface area (TPSA) is 63.9 Å². The minimum absolute atomic E-state index is 0.0383. The lowest BCUT2D eigenvalue weighted by atomic mass is 10.1. The van der Waals surface area contributed by atoms with Crippen LogP contribution in [-0.4, -0.2) is 37.6 Å². The van der Waals surface area contributed by atoms with Crippen LogP contribution in [0.4, 0.5) is 0 Å². The number of carbonyl (C=O) groups excluding carboxylic acids is 1. The largest absolute Gasteiger partial charge is 0.331 e. The molecular weight excluding hydrogens is 242 g/mol. The SMILES string of the molecule is CCCCN1Cc2nnnn2-c2ccccc2C1=O. The molecule has 6 heteroatoms. The summed E-state index contributed by atoms with van der Waals surface area (Å²) in [5.74, 6) is 0.741. The highest BCUT2D eigenvalue weighted by Crippen LogP contribution is 2.22. The molecular formula is C13H15N5O. The van der Waals surface area contributed by atoms with Crippen molar-refractivity contribution in [3.8, 4) is 5.69 Å². The molecule has 1 aliphatic rings. The van der Waals surface area contributed by atoms with Gasteiger partial charge in [-0.25, -0.2) is 0 Å². The Balaban J connectivity index is 2.08. The first-order chi connectivity index (χ1) is 9.31. The number of benzene rings is 1. The first kappa shape index (κ1) is 11.8. The minimum atomic E-state index is 0.0383. The van der Waals surface area contributed by atoms with Crippen molar-refractivity contribution in [2.24, 2.45) is 0 Å². The second-order valence-corrected chi connectivity index (χ2v) is 4.60. The van der Waals surface area contributed by atoms with Crippen molar-refractivity contribution in [2.75, 3.05) is 6.54 Å². The molecule has 2 aromatic rings. The Morgan fingerprint density at radius 2 is 2.16 bits per heavy atom. The summed E-state index contributed by atoms with van der Waals surface area (Å²) in [6.07, 6.45) is 2.03. The molecule has 0 saturated heterocycles.